The first kappa shape index (κ1) is 18.3. The number of nitriles is 1. The Balaban J connectivity index is 2.07. The van der Waals surface area contributed by atoms with Crippen LogP contribution in [0.1, 0.15) is 22.6 Å². The third kappa shape index (κ3) is 4.97. The second-order valence-electron chi connectivity index (χ2n) is 5.25. The van der Waals surface area contributed by atoms with Crippen LogP contribution in [-0.2, 0) is 11.2 Å². The SMILES string of the molecule is Cc1noc(C)c1CC(=O)Nc1ccc(OCC(F)(F)F)c(C#N)c1. The van der Waals surface area contributed by atoms with Crippen molar-refractivity contribution in [2.24, 2.45) is 0 Å². The lowest BCUT2D eigenvalue weighted by molar-refractivity contribution is -0.153. The van der Waals surface area contributed by atoms with Gasteiger partial charge < -0.3 is 14.6 Å². The fourth-order valence-electron chi connectivity index (χ4n) is 2.10. The van der Waals surface area contributed by atoms with Crippen molar-refractivity contribution >= 4 is 11.6 Å². The second-order valence-corrected chi connectivity index (χ2v) is 5.25. The first-order valence-corrected chi connectivity index (χ1v) is 7.15. The van der Waals surface area contributed by atoms with Crippen LogP contribution in [0.25, 0.3) is 0 Å². The van der Waals surface area contributed by atoms with Crippen LogP contribution in [0.15, 0.2) is 22.7 Å². The van der Waals surface area contributed by atoms with Crippen LogP contribution in [-0.4, -0.2) is 23.8 Å². The summed E-state index contributed by atoms with van der Waals surface area (Å²) in [5.41, 5.74) is 1.41. The van der Waals surface area contributed by atoms with Crippen molar-refractivity contribution in [3.05, 3.63) is 40.8 Å². The van der Waals surface area contributed by atoms with Gasteiger partial charge in [-0.25, -0.2) is 0 Å². The number of aromatic nitrogens is 1. The van der Waals surface area contributed by atoms with Gasteiger partial charge in [0.05, 0.1) is 17.7 Å². The molecule has 0 aliphatic rings. The number of rotatable bonds is 5. The lowest BCUT2D eigenvalue weighted by Gasteiger charge is -2.12. The Bertz CT molecular complexity index is 803. The molecule has 25 heavy (non-hydrogen) atoms. The van der Waals surface area contributed by atoms with Gasteiger partial charge in [-0.15, -0.1) is 0 Å². The van der Waals surface area contributed by atoms with Crippen molar-refractivity contribution in [3.8, 4) is 11.8 Å². The first-order valence-electron chi connectivity index (χ1n) is 7.15. The number of benzene rings is 1. The van der Waals surface area contributed by atoms with E-state index in [-0.39, 0.29) is 29.3 Å². The van der Waals surface area contributed by atoms with Crippen LogP contribution in [0.5, 0.6) is 5.75 Å². The number of carbonyl (C=O) groups excluding carboxylic acids is 1. The standard InChI is InChI=1S/C16H14F3N3O3/c1-9-13(10(2)25-22-9)6-15(23)21-12-3-4-14(11(5-12)7-20)24-8-16(17,18)19/h3-5H,6,8H2,1-2H3,(H,21,23). The molecule has 9 heteroatoms. The van der Waals surface area contributed by atoms with Crippen molar-refractivity contribution in [2.45, 2.75) is 26.4 Å². The van der Waals surface area contributed by atoms with Gasteiger partial charge in [0.25, 0.3) is 0 Å². The Morgan fingerprint density at radius 3 is 2.68 bits per heavy atom. The average molecular weight is 353 g/mol. The molecule has 1 amide bonds. The van der Waals surface area contributed by atoms with Gasteiger partial charge in [0.1, 0.15) is 17.6 Å². The summed E-state index contributed by atoms with van der Waals surface area (Å²) in [7, 11) is 0. The summed E-state index contributed by atoms with van der Waals surface area (Å²) >= 11 is 0. The molecule has 132 valence electrons. The molecule has 1 aromatic heterocycles. The molecule has 1 heterocycles. The molecule has 0 atom stereocenters. The molecular formula is C16H14F3N3O3. The molecule has 0 fully saturated rings. The van der Waals surface area contributed by atoms with Crippen LogP contribution >= 0.6 is 0 Å². The number of hydrogen-bond acceptors (Lipinski definition) is 5. The molecule has 0 unspecified atom stereocenters. The summed E-state index contributed by atoms with van der Waals surface area (Å²) in [4.78, 5) is 12.1. The maximum absolute atomic E-state index is 12.2. The van der Waals surface area contributed by atoms with E-state index in [1.54, 1.807) is 19.9 Å². The average Bonchev–Trinajstić information content (AvgIpc) is 2.84. The minimum absolute atomic E-state index is 0.0232. The molecule has 0 saturated carbocycles. The third-order valence-electron chi connectivity index (χ3n) is 3.29. The molecule has 0 aliphatic carbocycles. The zero-order valence-corrected chi connectivity index (χ0v) is 13.4. The van der Waals surface area contributed by atoms with E-state index >= 15 is 0 Å². The number of halogens is 3. The highest BCUT2D eigenvalue weighted by atomic mass is 19.4. The molecule has 0 radical (unpaired) electrons. The number of amides is 1. The molecule has 2 aromatic rings. The van der Waals surface area contributed by atoms with Crippen molar-refractivity contribution in [1.82, 2.24) is 5.16 Å². The fraction of sp³-hybridized carbons (Fsp3) is 0.312. The van der Waals surface area contributed by atoms with Gasteiger partial charge in [-0.1, -0.05) is 5.16 Å². The molecule has 1 N–H and O–H groups in total. The van der Waals surface area contributed by atoms with Crippen molar-refractivity contribution in [2.75, 3.05) is 11.9 Å². The normalized spacial score (nSPS) is 11.0. The summed E-state index contributed by atoms with van der Waals surface area (Å²) in [6.45, 7) is 1.89. The van der Waals surface area contributed by atoms with Crippen LogP contribution in [0, 0.1) is 25.2 Å². The van der Waals surface area contributed by atoms with E-state index in [4.69, 9.17) is 9.78 Å². The summed E-state index contributed by atoms with van der Waals surface area (Å²) in [6, 6.07) is 5.55. The van der Waals surface area contributed by atoms with Gasteiger partial charge in [-0.05, 0) is 32.0 Å². The molecule has 1 aromatic carbocycles. The van der Waals surface area contributed by atoms with Crippen molar-refractivity contribution < 1.29 is 27.2 Å². The molecule has 0 saturated heterocycles. The van der Waals surface area contributed by atoms with E-state index in [0.717, 1.165) is 0 Å². The Hall–Kier alpha value is -3.02. The lowest BCUT2D eigenvalue weighted by atomic mass is 10.1. The molecular weight excluding hydrogens is 339 g/mol. The highest BCUT2D eigenvalue weighted by Gasteiger charge is 2.28. The van der Waals surface area contributed by atoms with E-state index < -0.39 is 12.8 Å². The molecule has 0 aliphatic heterocycles. The van der Waals surface area contributed by atoms with Crippen molar-refractivity contribution in [1.29, 1.82) is 5.26 Å². The molecule has 2 rings (SSSR count). The number of alkyl halides is 3. The van der Waals surface area contributed by atoms with Crippen molar-refractivity contribution in [3.63, 3.8) is 0 Å². The Labute approximate surface area is 141 Å². The van der Waals surface area contributed by atoms with E-state index in [1.807, 2.05) is 0 Å². The highest BCUT2D eigenvalue weighted by molar-refractivity contribution is 5.92. The van der Waals surface area contributed by atoms with E-state index in [9.17, 15) is 18.0 Å². The molecule has 6 nitrogen and oxygen atoms in total. The van der Waals surface area contributed by atoms with E-state index in [0.29, 0.717) is 17.0 Å². The number of ether oxygens (including phenoxy) is 1. The quantitative estimate of drug-likeness (QED) is 0.891. The number of nitrogens with zero attached hydrogens (tertiary/aromatic N) is 2. The van der Waals surface area contributed by atoms with Gasteiger partial charge in [-0.3, -0.25) is 4.79 Å². The Morgan fingerprint density at radius 2 is 2.12 bits per heavy atom. The number of aryl methyl sites for hydroxylation is 2. The van der Waals surface area contributed by atoms with E-state index in [1.165, 1.54) is 18.2 Å². The second kappa shape index (κ2) is 7.25. The van der Waals surface area contributed by atoms with Crippen LogP contribution in [0.4, 0.5) is 18.9 Å². The van der Waals surface area contributed by atoms with Gasteiger partial charge in [0.2, 0.25) is 5.91 Å². The first-order chi connectivity index (χ1) is 11.7. The van der Waals surface area contributed by atoms with Crippen LogP contribution < -0.4 is 10.1 Å². The van der Waals surface area contributed by atoms with Gasteiger partial charge in [0, 0.05) is 11.3 Å². The third-order valence-corrected chi connectivity index (χ3v) is 3.29. The predicted molar refractivity (Wildman–Crippen MR) is 81.0 cm³/mol. The lowest BCUT2D eigenvalue weighted by Crippen LogP contribution is -2.19. The van der Waals surface area contributed by atoms with Gasteiger partial charge in [0.15, 0.2) is 6.61 Å². The summed E-state index contributed by atoms with van der Waals surface area (Å²) in [6.07, 6.45) is -4.48. The Morgan fingerprint density at radius 1 is 1.40 bits per heavy atom. The number of carbonyl (C=O) groups is 1. The largest absolute Gasteiger partial charge is 0.483 e. The summed E-state index contributed by atoms with van der Waals surface area (Å²) in [5.74, 6) is -0.0490. The number of nitrogens with one attached hydrogen (secondary N) is 1. The number of hydrogen-bond donors (Lipinski definition) is 1. The molecule has 0 bridgehead atoms. The van der Waals surface area contributed by atoms with Gasteiger partial charge >= 0.3 is 6.18 Å². The predicted octanol–water partition coefficient (Wildman–Crippen LogP) is 3.29. The van der Waals surface area contributed by atoms with Crippen LogP contribution in [0.3, 0.4) is 0 Å². The molecule has 0 spiro atoms. The maximum atomic E-state index is 12.2. The van der Waals surface area contributed by atoms with Crippen LogP contribution in [0.2, 0.25) is 0 Å². The maximum Gasteiger partial charge on any atom is 0.422 e. The summed E-state index contributed by atoms with van der Waals surface area (Å²) in [5, 5.41) is 15.4. The zero-order chi connectivity index (χ0) is 18.6. The fourth-order valence-corrected chi connectivity index (χ4v) is 2.10. The topological polar surface area (TPSA) is 88.2 Å². The summed E-state index contributed by atoms with van der Waals surface area (Å²) < 4.78 is 46.1. The Kier molecular flexibility index (Phi) is 5.32. The zero-order valence-electron chi connectivity index (χ0n) is 13.4. The number of anilines is 1. The minimum atomic E-state index is -4.51. The van der Waals surface area contributed by atoms with E-state index in [2.05, 4.69) is 15.2 Å². The minimum Gasteiger partial charge on any atom is -0.483 e. The smallest absolute Gasteiger partial charge is 0.422 e. The monoisotopic (exact) mass is 353 g/mol. The highest BCUT2D eigenvalue weighted by Crippen LogP contribution is 2.25. The van der Waals surface area contributed by atoms with Gasteiger partial charge in [-0.2, -0.15) is 18.4 Å².